The molecule has 0 spiro atoms. The lowest BCUT2D eigenvalue weighted by Gasteiger charge is -2.28. The second kappa shape index (κ2) is 15.6. The third-order valence-corrected chi connectivity index (χ3v) is 13.6. The Balaban J connectivity index is 0.931. The van der Waals surface area contributed by atoms with Gasteiger partial charge in [-0.25, -0.2) is 0 Å². The summed E-state index contributed by atoms with van der Waals surface area (Å²) in [4.78, 5) is 2.40. The summed E-state index contributed by atoms with van der Waals surface area (Å²) in [5, 5.41) is 2.51. The number of para-hydroxylation sites is 1. The highest BCUT2D eigenvalue weighted by Gasteiger charge is 2.36. The van der Waals surface area contributed by atoms with Gasteiger partial charge in [0.1, 0.15) is 0 Å². The third kappa shape index (κ3) is 6.65. The molecule has 2 heteroatoms. The molecular formula is C63H46N2. The van der Waals surface area contributed by atoms with Crippen LogP contribution in [0.4, 0.5) is 17.1 Å². The highest BCUT2D eigenvalue weighted by Crippen LogP contribution is 2.52. The number of benzene rings is 10. The first kappa shape index (κ1) is 38.5. The smallest absolute Gasteiger partial charge is 0.0541 e. The van der Waals surface area contributed by atoms with E-state index < -0.39 is 0 Å². The zero-order valence-corrected chi connectivity index (χ0v) is 36.5. The molecular weight excluding hydrogens is 785 g/mol. The van der Waals surface area contributed by atoms with Gasteiger partial charge in [-0.1, -0.05) is 184 Å². The fourth-order valence-electron chi connectivity index (χ4n) is 10.2. The van der Waals surface area contributed by atoms with Gasteiger partial charge in [-0.3, -0.25) is 0 Å². The molecule has 0 radical (unpaired) electrons. The highest BCUT2D eigenvalue weighted by molar-refractivity contribution is 6.10. The van der Waals surface area contributed by atoms with Crippen LogP contribution in [0.2, 0.25) is 0 Å². The van der Waals surface area contributed by atoms with Gasteiger partial charge in [0.15, 0.2) is 0 Å². The molecule has 0 fully saturated rings. The zero-order chi connectivity index (χ0) is 43.5. The standard InChI is InChI=1S/C63H46N2/c1-63(2)59-41-53(64(51-30-25-46(26-31-51)43-15-6-3-7-16-43)52-32-27-47(28-33-52)44-17-8-4-9-18-44)34-36-55(59)56-37-35-54(42-60(56)63)65-61-24-13-12-23-57(61)58-40-50(29-38-62(58)65)49-22-14-21-48(39-49)45-19-10-5-11-20-45/h3-42H,1-2H3. The molecule has 0 amide bonds. The van der Waals surface area contributed by atoms with Gasteiger partial charge >= 0.3 is 0 Å². The van der Waals surface area contributed by atoms with Gasteiger partial charge in [0, 0.05) is 38.9 Å². The monoisotopic (exact) mass is 830 g/mol. The van der Waals surface area contributed by atoms with Crippen molar-refractivity contribution in [1.82, 2.24) is 4.57 Å². The molecule has 0 unspecified atom stereocenters. The maximum Gasteiger partial charge on any atom is 0.0541 e. The summed E-state index contributed by atoms with van der Waals surface area (Å²) in [6.07, 6.45) is 0. The van der Waals surface area contributed by atoms with Crippen molar-refractivity contribution in [2.75, 3.05) is 4.90 Å². The summed E-state index contributed by atoms with van der Waals surface area (Å²) in [5.41, 5.74) is 21.7. The average molecular weight is 831 g/mol. The predicted octanol–water partition coefficient (Wildman–Crippen LogP) is 17.2. The Morgan fingerprint density at radius 1 is 0.308 bits per heavy atom. The normalized spacial score (nSPS) is 12.6. The molecule has 1 aromatic heterocycles. The van der Waals surface area contributed by atoms with Crippen LogP contribution in [-0.4, -0.2) is 4.57 Å². The molecule has 0 N–H and O–H groups in total. The summed E-state index contributed by atoms with van der Waals surface area (Å²) >= 11 is 0. The second-order valence-corrected chi connectivity index (χ2v) is 17.8. The second-order valence-electron chi connectivity index (χ2n) is 17.8. The number of hydrogen-bond acceptors (Lipinski definition) is 1. The molecule has 308 valence electrons. The maximum atomic E-state index is 2.46. The molecule has 10 aromatic carbocycles. The van der Waals surface area contributed by atoms with Crippen molar-refractivity contribution in [3.63, 3.8) is 0 Å². The number of hydrogen-bond donors (Lipinski definition) is 0. The Hall–Kier alpha value is -8.20. The molecule has 0 bridgehead atoms. The van der Waals surface area contributed by atoms with Gasteiger partial charge in [0.05, 0.1) is 11.0 Å². The van der Waals surface area contributed by atoms with Crippen molar-refractivity contribution in [3.05, 3.63) is 254 Å². The molecule has 2 nitrogen and oxygen atoms in total. The van der Waals surface area contributed by atoms with Crippen molar-refractivity contribution in [2.45, 2.75) is 19.3 Å². The van der Waals surface area contributed by atoms with Crippen LogP contribution < -0.4 is 4.90 Å². The van der Waals surface area contributed by atoms with Crippen LogP contribution >= 0.6 is 0 Å². The first-order chi connectivity index (χ1) is 32.0. The average Bonchev–Trinajstić information content (AvgIpc) is 3.82. The lowest BCUT2D eigenvalue weighted by molar-refractivity contribution is 0.660. The zero-order valence-electron chi connectivity index (χ0n) is 36.5. The van der Waals surface area contributed by atoms with E-state index in [0.29, 0.717) is 0 Å². The lowest BCUT2D eigenvalue weighted by atomic mass is 9.82. The number of fused-ring (bicyclic) bond motifs is 6. The third-order valence-electron chi connectivity index (χ3n) is 13.6. The summed E-state index contributed by atoms with van der Waals surface area (Å²) < 4.78 is 2.46. The van der Waals surface area contributed by atoms with E-state index in [0.717, 1.165) is 17.1 Å². The Morgan fingerprint density at radius 3 is 1.35 bits per heavy atom. The Morgan fingerprint density at radius 2 is 0.738 bits per heavy atom. The van der Waals surface area contributed by atoms with E-state index in [4.69, 9.17) is 0 Å². The number of nitrogens with zero attached hydrogens (tertiary/aromatic N) is 2. The fraction of sp³-hybridized carbons (Fsp3) is 0.0476. The van der Waals surface area contributed by atoms with Gasteiger partial charge < -0.3 is 9.47 Å². The lowest BCUT2D eigenvalue weighted by Crippen LogP contribution is -2.17. The Kier molecular flexibility index (Phi) is 9.21. The van der Waals surface area contributed by atoms with E-state index in [9.17, 15) is 0 Å². The van der Waals surface area contributed by atoms with Crippen molar-refractivity contribution >= 4 is 38.9 Å². The van der Waals surface area contributed by atoms with Crippen LogP contribution in [0.1, 0.15) is 25.0 Å². The van der Waals surface area contributed by atoms with Crippen molar-refractivity contribution < 1.29 is 0 Å². The van der Waals surface area contributed by atoms with Gasteiger partial charge in [0.25, 0.3) is 0 Å². The first-order valence-electron chi connectivity index (χ1n) is 22.6. The van der Waals surface area contributed by atoms with Crippen LogP contribution in [0, 0.1) is 0 Å². The quantitative estimate of drug-likeness (QED) is 0.148. The van der Waals surface area contributed by atoms with Crippen LogP contribution in [0.25, 0.3) is 83.1 Å². The van der Waals surface area contributed by atoms with E-state index in [1.807, 2.05) is 0 Å². The van der Waals surface area contributed by atoms with Gasteiger partial charge in [-0.2, -0.15) is 0 Å². The van der Waals surface area contributed by atoms with Crippen molar-refractivity contribution in [2.24, 2.45) is 0 Å². The summed E-state index contributed by atoms with van der Waals surface area (Å²) in [5.74, 6) is 0. The minimum atomic E-state index is -0.244. The first-order valence-corrected chi connectivity index (χ1v) is 22.6. The van der Waals surface area contributed by atoms with Crippen LogP contribution in [0.5, 0.6) is 0 Å². The molecule has 0 saturated heterocycles. The van der Waals surface area contributed by atoms with Crippen LogP contribution in [-0.2, 0) is 5.41 Å². The summed E-state index contributed by atoms with van der Waals surface area (Å²) in [6.45, 7) is 4.78. The molecule has 1 heterocycles. The van der Waals surface area contributed by atoms with E-state index >= 15 is 0 Å². The van der Waals surface area contributed by atoms with Crippen LogP contribution in [0.3, 0.4) is 0 Å². The highest BCUT2D eigenvalue weighted by atomic mass is 15.1. The molecule has 0 aliphatic heterocycles. The van der Waals surface area contributed by atoms with Gasteiger partial charge in [-0.15, -0.1) is 0 Å². The molecule has 0 saturated carbocycles. The fourth-order valence-corrected chi connectivity index (χ4v) is 10.2. The molecule has 0 atom stereocenters. The SMILES string of the molecule is CC1(C)c2cc(N(c3ccc(-c4ccccc4)cc3)c3ccc(-c4ccccc4)cc3)ccc2-c2ccc(-n3c4ccccc4c4cc(-c5cccc(-c6ccccc6)c5)ccc43)cc21. The topological polar surface area (TPSA) is 8.17 Å². The predicted molar refractivity (Wildman–Crippen MR) is 275 cm³/mol. The van der Waals surface area contributed by atoms with Gasteiger partial charge in [-0.05, 0) is 140 Å². The minimum absolute atomic E-state index is 0.244. The molecule has 11 aromatic rings. The van der Waals surface area contributed by atoms with E-state index in [-0.39, 0.29) is 5.41 Å². The van der Waals surface area contributed by atoms with Gasteiger partial charge in [0.2, 0.25) is 0 Å². The number of aromatic nitrogens is 1. The minimum Gasteiger partial charge on any atom is -0.310 e. The largest absolute Gasteiger partial charge is 0.310 e. The van der Waals surface area contributed by atoms with E-state index in [2.05, 4.69) is 266 Å². The number of rotatable bonds is 8. The maximum absolute atomic E-state index is 2.46. The van der Waals surface area contributed by atoms with E-state index in [1.54, 1.807) is 0 Å². The molecule has 1 aliphatic rings. The summed E-state index contributed by atoms with van der Waals surface area (Å²) in [7, 11) is 0. The van der Waals surface area contributed by atoms with Crippen molar-refractivity contribution in [3.8, 4) is 61.3 Å². The van der Waals surface area contributed by atoms with E-state index in [1.165, 1.54) is 94.3 Å². The summed E-state index contributed by atoms with van der Waals surface area (Å²) in [6, 6.07) is 88.7. The van der Waals surface area contributed by atoms with Crippen LogP contribution in [0.15, 0.2) is 243 Å². The Labute approximate surface area is 381 Å². The molecule has 65 heavy (non-hydrogen) atoms. The number of anilines is 3. The Bertz CT molecular complexity index is 3440. The molecule has 12 rings (SSSR count). The molecule has 1 aliphatic carbocycles. The van der Waals surface area contributed by atoms with Crippen molar-refractivity contribution in [1.29, 1.82) is 0 Å².